The third kappa shape index (κ3) is 3.51. The van der Waals surface area contributed by atoms with Crippen LogP contribution in [0.2, 0.25) is 0 Å². The molecule has 1 aromatic rings. The van der Waals surface area contributed by atoms with Gasteiger partial charge in [0, 0.05) is 6.54 Å². The molecule has 1 aliphatic carbocycles. The van der Waals surface area contributed by atoms with E-state index in [9.17, 15) is 8.78 Å². The highest BCUT2D eigenvalue weighted by molar-refractivity contribution is 5.17. The van der Waals surface area contributed by atoms with Crippen LogP contribution in [-0.4, -0.2) is 12.1 Å². The third-order valence-corrected chi connectivity index (χ3v) is 3.95. The van der Waals surface area contributed by atoms with Crippen LogP contribution in [0.5, 0.6) is 0 Å². The van der Waals surface area contributed by atoms with E-state index in [1.165, 1.54) is 12.5 Å². The molecular formula is C15H21F2NO. The summed E-state index contributed by atoms with van der Waals surface area (Å²) in [6, 6.07) is 3.87. The summed E-state index contributed by atoms with van der Waals surface area (Å²) in [6.45, 7) is 2.95. The molecule has 1 saturated carbocycles. The SMILES string of the molecule is CC1CCCC(CN)(OCc2ccc(F)c(F)c2)C1. The summed E-state index contributed by atoms with van der Waals surface area (Å²) in [6.07, 6.45) is 4.19. The van der Waals surface area contributed by atoms with Crippen LogP contribution in [0.4, 0.5) is 8.78 Å². The maximum atomic E-state index is 13.1. The molecule has 106 valence electrons. The van der Waals surface area contributed by atoms with Gasteiger partial charge in [0.25, 0.3) is 0 Å². The van der Waals surface area contributed by atoms with Crippen LogP contribution in [0.3, 0.4) is 0 Å². The summed E-state index contributed by atoms with van der Waals surface area (Å²) >= 11 is 0. The fraction of sp³-hybridized carbons (Fsp3) is 0.600. The summed E-state index contributed by atoms with van der Waals surface area (Å²) < 4.78 is 31.9. The Bertz CT molecular complexity index is 438. The Morgan fingerprint density at radius 2 is 2.16 bits per heavy atom. The summed E-state index contributed by atoms with van der Waals surface area (Å²) in [5.41, 5.74) is 6.20. The molecule has 0 aliphatic heterocycles. The van der Waals surface area contributed by atoms with Gasteiger partial charge in [0.05, 0.1) is 12.2 Å². The number of benzene rings is 1. The molecule has 0 radical (unpaired) electrons. The van der Waals surface area contributed by atoms with Crippen molar-refractivity contribution in [3.63, 3.8) is 0 Å². The van der Waals surface area contributed by atoms with Gasteiger partial charge in [-0.15, -0.1) is 0 Å². The van der Waals surface area contributed by atoms with Gasteiger partial charge < -0.3 is 10.5 Å². The Morgan fingerprint density at radius 3 is 2.79 bits per heavy atom. The summed E-state index contributed by atoms with van der Waals surface area (Å²) in [4.78, 5) is 0. The smallest absolute Gasteiger partial charge is 0.159 e. The number of nitrogens with two attached hydrogens (primary N) is 1. The fourth-order valence-electron chi connectivity index (χ4n) is 2.85. The van der Waals surface area contributed by atoms with Crippen LogP contribution >= 0.6 is 0 Å². The number of hydrogen-bond acceptors (Lipinski definition) is 2. The lowest BCUT2D eigenvalue weighted by molar-refractivity contribution is -0.0840. The average Bonchev–Trinajstić information content (AvgIpc) is 2.40. The molecule has 1 fully saturated rings. The van der Waals surface area contributed by atoms with E-state index < -0.39 is 11.6 Å². The lowest BCUT2D eigenvalue weighted by Gasteiger charge is -2.39. The second-order valence-corrected chi connectivity index (χ2v) is 5.63. The lowest BCUT2D eigenvalue weighted by Crippen LogP contribution is -2.44. The van der Waals surface area contributed by atoms with E-state index in [0.717, 1.165) is 25.3 Å². The minimum Gasteiger partial charge on any atom is -0.369 e. The summed E-state index contributed by atoms with van der Waals surface area (Å²) in [5.74, 6) is -1.06. The van der Waals surface area contributed by atoms with Crippen molar-refractivity contribution in [1.29, 1.82) is 0 Å². The topological polar surface area (TPSA) is 35.2 Å². The van der Waals surface area contributed by atoms with Crippen LogP contribution in [0.1, 0.15) is 38.2 Å². The molecule has 0 bridgehead atoms. The zero-order valence-electron chi connectivity index (χ0n) is 11.3. The Balaban J connectivity index is 2.01. The van der Waals surface area contributed by atoms with Gasteiger partial charge in [0.2, 0.25) is 0 Å². The van der Waals surface area contributed by atoms with E-state index in [1.807, 2.05) is 0 Å². The highest BCUT2D eigenvalue weighted by atomic mass is 19.2. The largest absolute Gasteiger partial charge is 0.369 e. The molecule has 0 aromatic heterocycles. The van der Waals surface area contributed by atoms with Crippen LogP contribution in [0.15, 0.2) is 18.2 Å². The third-order valence-electron chi connectivity index (χ3n) is 3.95. The van der Waals surface area contributed by atoms with Gasteiger partial charge in [-0.1, -0.05) is 25.8 Å². The van der Waals surface area contributed by atoms with Crippen LogP contribution in [0, 0.1) is 17.6 Å². The monoisotopic (exact) mass is 269 g/mol. The first-order valence-electron chi connectivity index (χ1n) is 6.83. The van der Waals surface area contributed by atoms with Crippen LogP contribution < -0.4 is 5.73 Å². The molecule has 2 atom stereocenters. The Hall–Kier alpha value is -1.00. The molecule has 0 spiro atoms. The maximum Gasteiger partial charge on any atom is 0.159 e. The van der Waals surface area contributed by atoms with Crippen molar-refractivity contribution in [2.45, 2.75) is 44.8 Å². The van der Waals surface area contributed by atoms with E-state index in [-0.39, 0.29) is 12.2 Å². The van der Waals surface area contributed by atoms with E-state index in [0.29, 0.717) is 18.0 Å². The molecular weight excluding hydrogens is 248 g/mol. The Kier molecular flexibility index (Phi) is 4.53. The van der Waals surface area contributed by atoms with Gasteiger partial charge in [-0.2, -0.15) is 0 Å². The second kappa shape index (κ2) is 5.97. The van der Waals surface area contributed by atoms with Gasteiger partial charge in [-0.05, 0) is 36.5 Å². The molecule has 0 amide bonds. The van der Waals surface area contributed by atoms with Crippen molar-refractivity contribution in [3.05, 3.63) is 35.4 Å². The molecule has 2 N–H and O–H groups in total. The van der Waals surface area contributed by atoms with Gasteiger partial charge in [0.15, 0.2) is 11.6 Å². The number of hydrogen-bond donors (Lipinski definition) is 1. The van der Waals surface area contributed by atoms with E-state index in [4.69, 9.17) is 10.5 Å². The molecule has 1 aliphatic rings. The first kappa shape index (κ1) is 14.4. The number of halogens is 2. The first-order valence-corrected chi connectivity index (χ1v) is 6.83. The van der Waals surface area contributed by atoms with Gasteiger partial charge in [0.1, 0.15) is 0 Å². The molecule has 1 aromatic carbocycles. The Morgan fingerprint density at radius 1 is 1.37 bits per heavy atom. The second-order valence-electron chi connectivity index (χ2n) is 5.63. The van der Waals surface area contributed by atoms with Crippen LogP contribution in [0.25, 0.3) is 0 Å². The average molecular weight is 269 g/mol. The van der Waals surface area contributed by atoms with Crippen molar-refractivity contribution in [1.82, 2.24) is 0 Å². The maximum absolute atomic E-state index is 13.1. The van der Waals surface area contributed by atoms with E-state index in [2.05, 4.69) is 6.92 Å². The molecule has 0 saturated heterocycles. The van der Waals surface area contributed by atoms with Gasteiger partial charge >= 0.3 is 0 Å². The molecule has 0 heterocycles. The predicted molar refractivity (Wildman–Crippen MR) is 70.6 cm³/mol. The number of rotatable bonds is 4. The minimum absolute atomic E-state index is 0.279. The predicted octanol–water partition coefficient (Wildman–Crippen LogP) is 3.39. The zero-order valence-corrected chi connectivity index (χ0v) is 11.3. The molecule has 2 rings (SSSR count). The molecule has 19 heavy (non-hydrogen) atoms. The first-order chi connectivity index (χ1) is 9.04. The minimum atomic E-state index is -0.833. The lowest BCUT2D eigenvalue weighted by atomic mass is 9.79. The van der Waals surface area contributed by atoms with Gasteiger partial charge in [-0.3, -0.25) is 0 Å². The van der Waals surface area contributed by atoms with Crippen LogP contribution in [-0.2, 0) is 11.3 Å². The standard InChI is InChI=1S/C15H21F2NO/c1-11-3-2-6-15(8-11,10-18)19-9-12-4-5-13(16)14(17)7-12/h4-5,7,11H,2-3,6,8-10,18H2,1H3. The van der Waals surface area contributed by atoms with E-state index in [1.54, 1.807) is 6.07 Å². The molecule has 4 heteroatoms. The van der Waals surface area contributed by atoms with E-state index >= 15 is 0 Å². The summed E-state index contributed by atoms with van der Waals surface area (Å²) in [5, 5.41) is 0. The van der Waals surface area contributed by atoms with Crippen molar-refractivity contribution < 1.29 is 13.5 Å². The van der Waals surface area contributed by atoms with Crippen molar-refractivity contribution in [3.8, 4) is 0 Å². The van der Waals surface area contributed by atoms with Gasteiger partial charge in [-0.25, -0.2) is 8.78 Å². The van der Waals surface area contributed by atoms with Crippen molar-refractivity contribution in [2.75, 3.05) is 6.54 Å². The fourth-order valence-corrected chi connectivity index (χ4v) is 2.85. The highest BCUT2D eigenvalue weighted by Gasteiger charge is 2.34. The van der Waals surface area contributed by atoms with Crippen molar-refractivity contribution >= 4 is 0 Å². The molecule has 2 unspecified atom stereocenters. The highest BCUT2D eigenvalue weighted by Crippen LogP contribution is 2.35. The Labute approximate surface area is 112 Å². The van der Waals surface area contributed by atoms with Crippen molar-refractivity contribution in [2.24, 2.45) is 11.7 Å². The normalized spacial score (nSPS) is 27.5. The number of ether oxygens (including phenoxy) is 1. The zero-order chi connectivity index (χ0) is 13.9. The summed E-state index contributed by atoms with van der Waals surface area (Å²) in [7, 11) is 0. The molecule has 2 nitrogen and oxygen atoms in total. The quantitative estimate of drug-likeness (QED) is 0.909.